The number of ether oxygens (including phenoxy) is 1. The SMILES string of the molecule is Cc1noc(C)c1C(=O)O[C@H](C)C(=O)Nc1sc2c(c1C(N)=O)CCC2. The highest BCUT2D eigenvalue weighted by atomic mass is 32.1. The number of nitrogens with one attached hydrogen (secondary N) is 1. The molecule has 26 heavy (non-hydrogen) atoms. The van der Waals surface area contributed by atoms with Crippen LogP contribution in [0.3, 0.4) is 0 Å². The van der Waals surface area contributed by atoms with Gasteiger partial charge in [0.15, 0.2) is 6.10 Å². The van der Waals surface area contributed by atoms with Gasteiger partial charge >= 0.3 is 5.97 Å². The molecule has 0 radical (unpaired) electrons. The summed E-state index contributed by atoms with van der Waals surface area (Å²) in [4.78, 5) is 37.5. The number of thiophene rings is 1. The predicted molar refractivity (Wildman–Crippen MR) is 94.3 cm³/mol. The molecule has 3 N–H and O–H groups in total. The van der Waals surface area contributed by atoms with E-state index in [0.717, 1.165) is 29.7 Å². The van der Waals surface area contributed by atoms with E-state index in [-0.39, 0.29) is 5.56 Å². The summed E-state index contributed by atoms with van der Waals surface area (Å²) in [6.45, 7) is 4.66. The van der Waals surface area contributed by atoms with Crippen molar-refractivity contribution in [3.8, 4) is 0 Å². The van der Waals surface area contributed by atoms with E-state index in [4.69, 9.17) is 15.0 Å². The summed E-state index contributed by atoms with van der Waals surface area (Å²) in [6.07, 6.45) is 1.55. The fourth-order valence-electron chi connectivity index (χ4n) is 3.01. The van der Waals surface area contributed by atoms with Gasteiger partial charge in [-0.05, 0) is 45.6 Å². The smallest absolute Gasteiger partial charge is 0.344 e. The van der Waals surface area contributed by atoms with Crippen molar-refractivity contribution in [1.82, 2.24) is 5.16 Å². The van der Waals surface area contributed by atoms with Gasteiger partial charge in [-0.15, -0.1) is 11.3 Å². The summed E-state index contributed by atoms with van der Waals surface area (Å²) in [6, 6.07) is 0. The molecule has 0 saturated heterocycles. The van der Waals surface area contributed by atoms with E-state index in [9.17, 15) is 14.4 Å². The molecule has 0 fully saturated rings. The summed E-state index contributed by atoms with van der Waals surface area (Å²) in [5.74, 6) is -1.47. The molecular formula is C17H19N3O5S. The number of primary amides is 1. The van der Waals surface area contributed by atoms with E-state index < -0.39 is 23.9 Å². The highest BCUT2D eigenvalue weighted by Gasteiger charge is 2.29. The molecule has 2 amide bonds. The molecule has 2 heterocycles. The van der Waals surface area contributed by atoms with Crippen molar-refractivity contribution in [2.24, 2.45) is 5.73 Å². The molecule has 2 aromatic heterocycles. The molecule has 0 unspecified atom stereocenters. The second kappa shape index (κ2) is 6.91. The molecule has 0 saturated carbocycles. The third kappa shape index (κ3) is 3.22. The van der Waals surface area contributed by atoms with Crippen LogP contribution in [0.4, 0.5) is 5.00 Å². The second-order valence-corrected chi connectivity index (χ2v) is 7.27. The summed E-state index contributed by atoms with van der Waals surface area (Å²) in [7, 11) is 0. The molecule has 138 valence electrons. The Kier molecular flexibility index (Phi) is 4.82. The summed E-state index contributed by atoms with van der Waals surface area (Å²) >= 11 is 1.35. The van der Waals surface area contributed by atoms with Gasteiger partial charge < -0.3 is 20.3 Å². The Bertz CT molecular complexity index is 879. The number of nitrogens with zero attached hydrogens (tertiary/aromatic N) is 1. The predicted octanol–water partition coefficient (Wildman–Crippen LogP) is 2.12. The molecule has 0 aliphatic heterocycles. The number of carbonyl (C=O) groups excluding carboxylic acids is 3. The molecule has 0 spiro atoms. The third-order valence-corrected chi connectivity index (χ3v) is 5.50. The van der Waals surface area contributed by atoms with Crippen molar-refractivity contribution in [2.75, 3.05) is 5.32 Å². The number of nitrogens with two attached hydrogens (primary N) is 1. The third-order valence-electron chi connectivity index (χ3n) is 4.29. The number of rotatable bonds is 5. The number of amides is 2. The van der Waals surface area contributed by atoms with Crippen LogP contribution in [-0.2, 0) is 22.4 Å². The van der Waals surface area contributed by atoms with E-state index in [1.807, 2.05) is 0 Å². The van der Waals surface area contributed by atoms with Gasteiger partial charge in [-0.1, -0.05) is 5.16 Å². The van der Waals surface area contributed by atoms with Gasteiger partial charge in [-0.3, -0.25) is 9.59 Å². The molecular weight excluding hydrogens is 358 g/mol. The van der Waals surface area contributed by atoms with Crippen LogP contribution >= 0.6 is 11.3 Å². The largest absolute Gasteiger partial charge is 0.449 e. The minimum Gasteiger partial charge on any atom is -0.449 e. The van der Waals surface area contributed by atoms with Crippen LogP contribution in [0.5, 0.6) is 0 Å². The first kappa shape index (κ1) is 18.1. The van der Waals surface area contributed by atoms with Gasteiger partial charge in [0.1, 0.15) is 16.3 Å². The van der Waals surface area contributed by atoms with E-state index >= 15 is 0 Å². The molecule has 8 nitrogen and oxygen atoms in total. The average Bonchev–Trinajstić information content (AvgIpc) is 3.21. The van der Waals surface area contributed by atoms with Crippen molar-refractivity contribution < 1.29 is 23.6 Å². The van der Waals surface area contributed by atoms with Gasteiger partial charge in [0, 0.05) is 4.88 Å². The highest BCUT2D eigenvalue weighted by molar-refractivity contribution is 7.17. The van der Waals surface area contributed by atoms with Crippen molar-refractivity contribution in [3.63, 3.8) is 0 Å². The maximum atomic E-state index is 12.4. The van der Waals surface area contributed by atoms with Gasteiger partial charge in [0.25, 0.3) is 11.8 Å². The lowest BCUT2D eigenvalue weighted by molar-refractivity contribution is -0.123. The van der Waals surface area contributed by atoms with Gasteiger partial charge in [-0.2, -0.15) is 0 Å². The maximum Gasteiger partial charge on any atom is 0.344 e. The molecule has 1 atom stereocenters. The Morgan fingerprint density at radius 1 is 1.27 bits per heavy atom. The zero-order valence-electron chi connectivity index (χ0n) is 14.7. The van der Waals surface area contributed by atoms with Crippen molar-refractivity contribution in [2.45, 2.75) is 46.1 Å². The Balaban J connectivity index is 1.73. The molecule has 0 bridgehead atoms. The molecule has 0 aromatic carbocycles. The van der Waals surface area contributed by atoms with Crippen LogP contribution < -0.4 is 11.1 Å². The lowest BCUT2D eigenvalue weighted by Crippen LogP contribution is -2.30. The maximum absolute atomic E-state index is 12.4. The first-order valence-corrected chi connectivity index (χ1v) is 9.00. The van der Waals surface area contributed by atoms with Crippen molar-refractivity contribution >= 4 is 34.1 Å². The molecule has 2 aromatic rings. The fourth-order valence-corrected chi connectivity index (χ4v) is 4.31. The first-order chi connectivity index (χ1) is 12.3. The lowest BCUT2D eigenvalue weighted by Gasteiger charge is -2.13. The summed E-state index contributed by atoms with van der Waals surface area (Å²) in [5.41, 5.74) is 7.35. The molecule has 1 aliphatic carbocycles. The van der Waals surface area contributed by atoms with Crippen LogP contribution in [0.15, 0.2) is 4.52 Å². The Labute approximate surface area is 153 Å². The summed E-state index contributed by atoms with van der Waals surface area (Å²) in [5, 5.41) is 6.76. The van der Waals surface area contributed by atoms with E-state index in [1.165, 1.54) is 18.3 Å². The van der Waals surface area contributed by atoms with Crippen LogP contribution in [0.25, 0.3) is 0 Å². The number of fused-ring (bicyclic) bond motifs is 1. The van der Waals surface area contributed by atoms with E-state index in [1.54, 1.807) is 13.8 Å². The molecule has 3 rings (SSSR count). The number of hydrogen-bond acceptors (Lipinski definition) is 7. The Hall–Kier alpha value is -2.68. The first-order valence-electron chi connectivity index (χ1n) is 8.18. The van der Waals surface area contributed by atoms with Crippen molar-refractivity contribution in [3.05, 3.63) is 33.0 Å². The number of hydrogen-bond donors (Lipinski definition) is 2. The van der Waals surface area contributed by atoms with E-state index in [2.05, 4.69) is 10.5 Å². The van der Waals surface area contributed by atoms with Gasteiger partial charge in [0.05, 0.1) is 11.3 Å². The zero-order valence-corrected chi connectivity index (χ0v) is 15.5. The normalized spacial score (nSPS) is 14.0. The standard InChI is InChI=1S/C17H19N3O5S/c1-7-12(8(2)25-20-7)17(23)24-9(3)15(22)19-16-13(14(18)21)10-5-4-6-11(10)26-16/h9H,4-6H2,1-3H3,(H2,18,21)(H,19,22)/t9-/m1/s1. The monoisotopic (exact) mass is 377 g/mol. The van der Waals surface area contributed by atoms with Crippen molar-refractivity contribution in [1.29, 1.82) is 0 Å². The lowest BCUT2D eigenvalue weighted by atomic mass is 10.1. The van der Waals surface area contributed by atoms with Gasteiger partial charge in [0.2, 0.25) is 0 Å². The van der Waals surface area contributed by atoms with Crippen LogP contribution in [0.1, 0.15) is 56.0 Å². The average molecular weight is 377 g/mol. The minimum atomic E-state index is -1.06. The summed E-state index contributed by atoms with van der Waals surface area (Å²) < 4.78 is 10.1. The van der Waals surface area contributed by atoms with Crippen LogP contribution in [-0.4, -0.2) is 29.0 Å². The number of carbonyl (C=O) groups is 3. The molecule has 1 aliphatic rings. The number of aromatic nitrogens is 1. The fraction of sp³-hybridized carbons (Fsp3) is 0.412. The Morgan fingerprint density at radius 2 is 2.00 bits per heavy atom. The zero-order chi connectivity index (χ0) is 19.0. The second-order valence-electron chi connectivity index (χ2n) is 6.16. The minimum absolute atomic E-state index is 0.206. The highest BCUT2D eigenvalue weighted by Crippen LogP contribution is 2.38. The Morgan fingerprint density at radius 3 is 2.62 bits per heavy atom. The topological polar surface area (TPSA) is 125 Å². The number of aryl methyl sites for hydroxylation is 3. The quantitative estimate of drug-likeness (QED) is 0.769. The van der Waals surface area contributed by atoms with Gasteiger partial charge in [-0.25, -0.2) is 4.79 Å². The van der Waals surface area contributed by atoms with Crippen LogP contribution in [0.2, 0.25) is 0 Å². The van der Waals surface area contributed by atoms with E-state index in [0.29, 0.717) is 22.0 Å². The molecule has 9 heteroatoms. The van der Waals surface area contributed by atoms with Crippen LogP contribution in [0, 0.1) is 13.8 Å². The number of anilines is 1. The number of esters is 1.